The van der Waals surface area contributed by atoms with Crippen LogP contribution < -0.4 is 22.9 Å². The summed E-state index contributed by atoms with van der Waals surface area (Å²) >= 11 is 0. The SMILES string of the molecule is C[C@@H]1C(O)[C@@H](OC2C(O)C(O[C@H]3O[C@H](CCCCO)CCC3N)[C@@H](N)C[C@H]2N=C(N)C(O)CN)OCC1(C)O. The summed E-state index contributed by atoms with van der Waals surface area (Å²) < 4.78 is 24.0. The minimum atomic E-state index is -1.36. The first-order valence-electron chi connectivity index (χ1n) is 13.9. The van der Waals surface area contributed by atoms with Gasteiger partial charge in [-0.1, -0.05) is 6.92 Å². The number of unbranched alkanes of at least 4 members (excludes halogenated alkanes) is 1. The summed E-state index contributed by atoms with van der Waals surface area (Å²) in [4.78, 5) is 4.36. The van der Waals surface area contributed by atoms with Gasteiger partial charge in [-0.2, -0.15) is 0 Å². The Hall–Kier alpha value is -1.01. The van der Waals surface area contributed by atoms with Crippen LogP contribution in [0.1, 0.15) is 52.4 Å². The molecule has 0 aromatic carbocycles. The Morgan fingerprint density at radius 3 is 2.44 bits per heavy atom. The fourth-order valence-corrected chi connectivity index (χ4v) is 5.31. The van der Waals surface area contributed by atoms with Gasteiger partial charge in [0, 0.05) is 25.1 Å². The van der Waals surface area contributed by atoms with E-state index in [9.17, 15) is 20.4 Å². The van der Waals surface area contributed by atoms with Crippen LogP contribution in [-0.2, 0) is 18.9 Å². The predicted molar refractivity (Wildman–Crippen MR) is 141 cm³/mol. The molecule has 3 aliphatic rings. The molecule has 13 atom stereocenters. The van der Waals surface area contributed by atoms with E-state index in [0.29, 0.717) is 12.8 Å². The van der Waals surface area contributed by atoms with Gasteiger partial charge in [-0.25, -0.2) is 0 Å². The van der Waals surface area contributed by atoms with Crippen LogP contribution in [0.2, 0.25) is 0 Å². The predicted octanol–water partition coefficient (Wildman–Crippen LogP) is -3.01. The number of ether oxygens (including phenoxy) is 4. The second kappa shape index (κ2) is 14.2. The van der Waals surface area contributed by atoms with E-state index in [1.54, 1.807) is 13.8 Å². The van der Waals surface area contributed by atoms with Gasteiger partial charge in [0.2, 0.25) is 0 Å². The lowest BCUT2D eigenvalue weighted by Gasteiger charge is -2.48. The Balaban J connectivity index is 1.79. The maximum absolute atomic E-state index is 11.5. The number of nitrogens with two attached hydrogens (primary N) is 4. The quantitative estimate of drug-likeness (QED) is 0.0690. The van der Waals surface area contributed by atoms with E-state index in [1.165, 1.54) is 0 Å². The van der Waals surface area contributed by atoms with Crippen LogP contribution >= 0.6 is 0 Å². The van der Waals surface area contributed by atoms with Crippen LogP contribution in [0.25, 0.3) is 0 Å². The fraction of sp³-hybridized carbons (Fsp3) is 0.960. The lowest BCUT2D eigenvalue weighted by molar-refractivity contribution is -0.313. The molecular weight excluding hydrogens is 514 g/mol. The van der Waals surface area contributed by atoms with Gasteiger partial charge in [0.25, 0.3) is 0 Å². The van der Waals surface area contributed by atoms with Crippen molar-refractivity contribution in [2.24, 2.45) is 33.8 Å². The van der Waals surface area contributed by atoms with E-state index < -0.39 is 72.7 Å². The Morgan fingerprint density at radius 1 is 1.08 bits per heavy atom. The van der Waals surface area contributed by atoms with E-state index in [0.717, 1.165) is 19.3 Å². The molecule has 3 fully saturated rings. The van der Waals surface area contributed by atoms with E-state index in [2.05, 4.69) is 4.99 Å². The summed E-state index contributed by atoms with van der Waals surface area (Å²) in [5, 5.41) is 51.9. The number of aliphatic hydroxyl groups excluding tert-OH is 4. The monoisotopic (exact) mass is 563 g/mol. The van der Waals surface area contributed by atoms with Gasteiger partial charge in [-0.05, 0) is 45.4 Å². The standard InChI is InChI=1S/C25H49N5O9/c1-12-18(33)24(36-11-25(12,2)35)39-21-16(30-22(29)17(32)10-26)9-15(28)20(19(21)34)38-23-14(27)7-6-13(37-23)5-3-4-8-31/h12-21,23-24,31-35H,3-11,26-28H2,1-2H3,(H2,29,30)/t12-,13-,14?,15+,16-,17?,18?,19?,20?,21?,23-,24-,25?/m1/s1. The Kier molecular flexibility index (Phi) is 11.9. The molecule has 7 unspecified atom stereocenters. The van der Waals surface area contributed by atoms with Crippen LogP contribution in [0, 0.1) is 5.92 Å². The highest BCUT2D eigenvalue weighted by Crippen LogP contribution is 2.35. The van der Waals surface area contributed by atoms with Gasteiger partial charge in [0.05, 0.1) is 30.4 Å². The lowest BCUT2D eigenvalue weighted by atomic mass is 9.83. The highest BCUT2D eigenvalue weighted by molar-refractivity contribution is 5.85. The summed E-state index contributed by atoms with van der Waals surface area (Å²) in [6.45, 7) is 3.10. The molecule has 2 aliphatic heterocycles. The van der Waals surface area contributed by atoms with E-state index >= 15 is 0 Å². The molecule has 0 amide bonds. The third kappa shape index (κ3) is 8.05. The molecule has 2 heterocycles. The molecule has 2 saturated heterocycles. The molecule has 1 aliphatic carbocycles. The van der Waals surface area contributed by atoms with Gasteiger partial charge in [-0.3, -0.25) is 4.99 Å². The zero-order chi connectivity index (χ0) is 28.9. The van der Waals surface area contributed by atoms with Crippen molar-refractivity contribution in [2.45, 2.75) is 125 Å². The van der Waals surface area contributed by atoms with Crippen molar-refractivity contribution in [3.05, 3.63) is 0 Å². The summed E-state index contributed by atoms with van der Waals surface area (Å²) in [6, 6.07) is -1.98. The maximum atomic E-state index is 11.5. The summed E-state index contributed by atoms with van der Waals surface area (Å²) in [6.07, 6.45) is -4.13. The van der Waals surface area contributed by atoms with Crippen LogP contribution in [0.4, 0.5) is 0 Å². The van der Waals surface area contributed by atoms with Gasteiger partial charge in [0.15, 0.2) is 12.6 Å². The molecule has 14 heteroatoms. The van der Waals surface area contributed by atoms with Crippen molar-refractivity contribution in [1.29, 1.82) is 0 Å². The minimum absolute atomic E-state index is 0.0947. The summed E-state index contributed by atoms with van der Waals surface area (Å²) in [5.41, 5.74) is 22.9. The Bertz CT molecular complexity index is 793. The first-order valence-corrected chi connectivity index (χ1v) is 13.9. The second-order valence-electron chi connectivity index (χ2n) is 11.4. The average Bonchev–Trinajstić information content (AvgIpc) is 2.89. The minimum Gasteiger partial charge on any atom is -0.396 e. The highest BCUT2D eigenvalue weighted by Gasteiger charge is 2.51. The first-order chi connectivity index (χ1) is 18.4. The van der Waals surface area contributed by atoms with Crippen molar-refractivity contribution in [3.63, 3.8) is 0 Å². The molecule has 0 bridgehead atoms. The summed E-state index contributed by atoms with van der Waals surface area (Å²) in [7, 11) is 0. The zero-order valence-corrected chi connectivity index (χ0v) is 22.9. The fourth-order valence-electron chi connectivity index (χ4n) is 5.31. The Morgan fingerprint density at radius 2 is 1.77 bits per heavy atom. The zero-order valence-electron chi connectivity index (χ0n) is 22.9. The number of nitrogens with zero attached hydrogens (tertiary/aromatic N) is 1. The van der Waals surface area contributed by atoms with Crippen LogP contribution in [0.5, 0.6) is 0 Å². The Labute approximate surface area is 229 Å². The molecule has 0 aromatic rings. The molecule has 0 aromatic heterocycles. The third-order valence-electron chi connectivity index (χ3n) is 8.19. The van der Waals surface area contributed by atoms with Crippen LogP contribution in [0.15, 0.2) is 4.99 Å². The lowest BCUT2D eigenvalue weighted by Crippen LogP contribution is -2.64. The average molecular weight is 564 g/mol. The van der Waals surface area contributed by atoms with Gasteiger partial charge in [0.1, 0.15) is 36.4 Å². The van der Waals surface area contributed by atoms with Crippen LogP contribution in [-0.4, -0.2) is 124 Å². The highest BCUT2D eigenvalue weighted by atomic mass is 16.7. The maximum Gasteiger partial charge on any atom is 0.184 e. The number of hydrogen-bond donors (Lipinski definition) is 9. The molecule has 39 heavy (non-hydrogen) atoms. The van der Waals surface area contributed by atoms with Gasteiger partial charge >= 0.3 is 0 Å². The number of aliphatic hydroxyl groups is 5. The van der Waals surface area contributed by atoms with E-state index in [4.69, 9.17) is 47.0 Å². The van der Waals surface area contributed by atoms with Crippen molar-refractivity contribution in [1.82, 2.24) is 0 Å². The molecule has 228 valence electrons. The van der Waals surface area contributed by atoms with Crippen molar-refractivity contribution < 1.29 is 44.5 Å². The number of hydrogen-bond acceptors (Lipinski definition) is 13. The topological polar surface area (TPSA) is 255 Å². The molecule has 0 radical (unpaired) electrons. The van der Waals surface area contributed by atoms with Gasteiger partial charge < -0.3 is 67.4 Å². The van der Waals surface area contributed by atoms with Crippen molar-refractivity contribution in [3.8, 4) is 0 Å². The number of amidine groups is 1. The van der Waals surface area contributed by atoms with E-state index in [1.807, 2.05) is 0 Å². The second-order valence-corrected chi connectivity index (χ2v) is 11.4. The van der Waals surface area contributed by atoms with Gasteiger partial charge in [-0.15, -0.1) is 0 Å². The van der Waals surface area contributed by atoms with Crippen molar-refractivity contribution >= 4 is 5.84 Å². The molecule has 1 saturated carbocycles. The van der Waals surface area contributed by atoms with Crippen molar-refractivity contribution in [2.75, 3.05) is 19.8 Å². The molecule has 3 rings (SSSR count). The molecule has 0 spiro atoms. The smallest absolute Gasteiger partial charge is 0.184 e. The van der Waals surface area contributed by atoms with Crippen LogP contribution in [0.3, 0.4) is 0 Å². The normalized spacial score (nSPS) is 44.8. The summed E-state index contributed by atoms with van der Waals surface area (Å²) in [5.74, 6) is -0.728. The number of aliphatic imine (C=N–C) groups is 1. The third-order valence-corrected chi connectivity index (χ3v) is 8.19. The first kappa shape index (κ1) is 32.5. The number of rotatable bonds is 11. The molecule has 13 N–H and O–H groups in total. The van der Waals surface area contributed by atoms with E-state index in [-0.39, 0.29) is 38.1 Å². The molecule has 14 nitrogen and oxygen atoms in total. The molecular formula is C25H49N5O9. The largest absolute Gasteiger partial charge is 0.396 e.